The van der Waals surface area contributed by atoms with Crippen molar-refractivity contribution in [2.45, 2.75) is 27.2 Å². The van der Waals surface area contributed by atoms with Gasteiger partial charge in [-0.25, -0.2) is 4.98 Å². The van der Waals surface area contributed by atoms with Crippen LogP contribution < -0.4 is 14.2 Å². The molecular weight excluding hydrogens is 412 g/mol. The lowest BCUT2D eigenvalue weighted by Crippen LogP contribution is -2.37. The third-order valence-corrected chi connectivity index (χ3v) is 5.01. The molecule has 2 aromatic rings. The van der Waals surface area contributed by atoms with E-state index >= 15 is 0 Å². The molecule has 9 heteroatoms. The predicted octanol–water partition coefficient (Wildman–Crippen LogP) is 2.66. The van der Waals surface area contributed by atoms with Crippen LogP contribution in [0.15, 0.2) is 30.7 Å². The van der Waals surface area contributed by atoms with Crippen LogP contribution in [-0.2, 0) is 0 Å². The van der Waals surface area contributed by atoms with Gasteiger partial charge in [0, 0.05) is 44.1 Å². The van der Waals surface area contributed by atoms with Gasteiger partial charge >= 0.3 is 0 Å². The number of hydrogen-bond donors (Lipinski definition) is 0. The second kappa shape index (κ2) is 11.3. The number of aromatic nitrogens is 2. The van der Waals surface area contributed by atoms with Gasteiger partial charge in [-0.05, 0) is 39.3 Å². The van der Waals surface area contributed by atoms with Gasteiger partial charge in [0.25, 0.3) is 11.8 Å². The average Bonchev–Trinajstić information content (AvgIpc) is 3.07. The highest BCUT2D eigenvalue weighted by Gasteiger charge is 2.26. The van der Waals surface area contributed by atoms with Gasteiger partial charge in [-0.3, -0.25) is 14.6 Å². The molecule has 0 radical (unpaired) electrons. The normalized spacial score (nSPS) is 14.0. The van der Waals surface area contributed by atoms with E-state index in [-0.39, 0.29) is 11.8 Å². The van der Waals surface area contributed by atoms with Gasteiger partial charge in [-0.1, -0.05) is 0 Å². The van der Waals surface area contributed by atoms with Crippen LogP contribution in [0.2, 0.25) is 0 Å². The summed E-state index contributed by atoms with van der Waals surface area (Å²) in [6.45, 7) is 8.91. The first kappa shape index (κ1) is 23.3. The molecular formula is C23H30N4O5. The summed E-state index contributed by atoms with van der Waals surface area (Å²) >= 11 is 0. The van der Waals surface area contributed by atoms with E-state index in [0.717, 1.165) is 0 Å². The number of rotatable bonds is 8. The molecule has 1 saturated heterocycles. The highest BCUT2D eigenvalue weighted by molar-refractivity contribution is 5.96. The fourth-order valence-corrected chi connectivity index (χ4v) is 3.59. The molecule has 3 rings (SSSR count). The SMILES string of the molecule is CCOc1cc(C(=O)N2CCCN(C(=O)c3cnccn3)CC2)cc(OCC)c1OCC. The molecule has 1 fully saturated rings. The van der Waals surface area contributed by atoms with E-state index in [1.807, 2.05) is 20.8 Å². The molecule has 0 bridgehead atoms. The van der Waals surface area contributed by atoms with Gasteiger partial charge in [-0.2, -0.15) is 0 Å². The summed E-state index contributed by atoms with van der Waals surface area (Å²) in [5.41, 5.74) is 0.774. The Bertz CT molecular complexity index is 895. The lowest BCUT2D eigenvalue weighted by molar-refractivity contribution is 0.0715. The van der Waals surface area contributed by atoms with E-state index < -0.39 is 0 Å². The molecule has 2 amide bonds. The summed E-state index contributed by atoms with van der Waals surface area (Å²) in [4.78, 5) is 37.6. The summed E-state index contributed by atoms with van der Waals surface area (Å²) in [7, 11) is 0. The van der Waals surface area contributed by atoms with Crippen molar-refractivity contribution >= 4 is 11.8 Å². The van der Waals surface area contributed by atoms with E-state index in [1.165, 1.54) is 18.6 Å². The van der Waals surface area contributed by atoms with E-state index in [9.17, 15) is 9.59 Å². The van der Waals surface area contributed by atoms with Gasteiger partial charge < -0.3 is 24.0 Å². The Morgan fingerprint density at radius 2 is 1.44 bits per heavy atom. The van der Waals surface area contributed by atoms with Gasteiger partial charge in [0.15, 0.2) is 11.5 Å². The molecule has 1 aliphatic rings. The molecule has 1 aromatic heterocycles. The van der Waals surface area contributed by atoms with Crippen molar-refractivity contribution < 1.29 is 23.8 Å². The molecule has 0 N–H and O–H groups in total. The number of amides is 2. The van der Waals surface area contributed by atoms with E-state index in [1.54, 1.807) is 21.9 Å². The number of carbonyl (C=O) groups excluding carboxylic acids is 2. The molecule has 0 saturated carbocycles. The first-order chi connectivity index (χ1) is 15.6. The standard InChI is InChI=1S/C23H30N4O5/c1-4-30-19-14-17(15-20(31-5-2)21(19)32-6-3)22(28)26-10-7-11-27(13-12-26)23(29)18-16-24-8-9-25-18/h8-9,14-16H,4-7,10-13H2,1-3H3. The minimum atomic E-state index is -0.175. The Balaban J connectivity index is 1.78. The summed E-state index contributed by atoms with van der Waals surface area (Å²) in [5, 5.41) is 0. The first-order valence-corrected chi connectivity index (χ1v) is 11.0. The van der Waals surface area contributed by atoms with E-state index in [2.05, 4.69) is 9.97 Å². The van der Waals surface area contributed by atoms with Gasteiger partial charge in [0.1, 0.15) is 5.69 Å². The maximum atomic E-state index is 13.3. The fourth-order valence-electron chi connectivity index (χ4n) is 3.59. The van der Waals surface area contributed by atoms with E-state index in [4.69, 9.17) is 14.2 Å². The Hall–Kier alpha value is -3.36. The highest BCUT2D eigenvalue weighted by Crippen LogP contribution is 2.39. The van der Waals surface area contributed by atoms with Crippen LogP contribution in [0.25, 0.3) is 0 Å². The van der Waals surface area contributed by atoms with Gasteiger partial charge in [-0.15, -0.1) is 0 Å². The minimum absolute atomic E-state index is 0.135. The number of ether oxygens (including phenoxy) is 3. The quantitative estimate of drug-likeness (QED) is 0.620. The Morgan fingerprint density at radius 1 is 0.844 bits per heavy atom. The zero-order chi connectivity index (χ0) is 22.9. The van der Waals surface area contributed by atoms with Crippen molar-refractivity contribution in [2.24, 2.45) is 0 Å². The summed E-state index contributed by atoms with van der Waals surface area (Å²) < 4.78 is 17.2. The molecule has 0 spiro atoms. The van der Waals surface area contributed by atoms with Crippen molar-refractivity contribution in [3.05, 3.63) is 42.0 Å². The molecule has 0 aliphatic carbocycles. The highest BCUT2D eigenvalue weighted by atomic mass is 16.5. The van der Waals surface area contributed by atoms with E-state index in [0.29, 0.717) is 80.9 Å². The largest absolute Gasteiger partial charge is 0.490 e. The summed E-state index contributed by atoms with van der Waals surface area (Å²) in [6, 6.07) is 3.40. The van der Waals surface area contributed by atoms with Crippen molar-refractivity contribution in [1.82, 2.24) is 19.8 Å². The summed E-state index contributed by atoms with van der Waals surface area (Å²) in [5.74, 6) is 1.16. The van der Waals surface area contributed by atoms with Crippen LogP contribution in [0.1, 0.15) is 48.0 Å². The maximum Gasteiger partial charge on any atom is 0.274 e. The predicted molar refractivity (Wildman–Crippen MR) is 118 cm³/mol. The second-order valence-electron chi connectivity index (χ2n) is 7.13. The van der Waals surface area contributed by atoms with Crippen LogP contribution in [0.3, 0.4) is 0 Å². The fraction of sp³-hybridized carbons (Fsp3) is 0.478. The third-order valence-electron chi connectivity index (χ3n) is 5.01. The monoisotopic (exact) mass is 442 g/mol. The van der Waals surface area contributed by atoms with Crippen LogP contribution in [0, 0.1) is 0 Å². The lowest BCUT2D eigenvalue weighted by Gasteiger charge is -2.23. The number of hydrogen-bond acceptors (Lipinski definition) is 7. The second-order valence-corrected chi connectivity index (χ2v) is 7.13. The average molecular weight is 443 g/mol. The Morgan fingerprint density at radius 3 is 1.97 bits per heavy atom. The Kier molecular flexibility index (Phi) is 8.24. The van der Waals surface area contributed by atoms with Crippen LogP contribution >= 0.6 is 0 Å². The lowest BCUT2D eigenvalue weighted by atomic mass is 10.1. The number of benzene rings is 1. The molecule has 2 heterocycles. The molecule has 32 heavy (non-hydrogen) atoms. The Labute approximate surface area is 188 Å². The van der Waals surface area contributed by atoms with Crippen molar-refractivity contribution in [2.75, 3.05) is 46.0 Å². The molecule has 0 unspecified atom stereocenters. The number of carbonyl (C=O) groups is 2. The molecule has 0 atom stereocenters. The summed E-state index contributed by atoms with van der Waals surface area (Å²) in [6.07, 6.45) is 5.16. The molecule has 9 nitrogen and oxygen atoms in total. The maximum absolute atomic E-state index is 13.3. The van der Waals surface area contributed by atoms with Gasteiger partial charge in [0.05, 0.1) is 26.0 Å². The topological polar surface area (TPSA) is 94.1 Å². The molecule has 172 valence electrons. The van der Waals surface area contributed by atoms with Crippen molar-refractivity contribution in [3.8, 4) is 17.2 Å². The minimum Gasteiger partial charge on any atom is -0.490 e. The van der Waals surface area contributed by atoms with Crippen molar-refractivity contribution in [1.29, 1.82) is 0 Å². The number of nitrogens with zero attached hydrogens (tertiary/aromatic N) is 4. The molecule has 1 aromatic carbocycles. The van der Waals surface area contributed by atoms with Crippen LogP contribution in [-0.4, -0.2) is 77.6 Å². The first-order valence-electron chi connectivity index (χ1n) is 11.0. The zero-order valence-corrected chi connectivity index (χ0v) is 18.9. The smallest absolute Gasteiger partial charge is 0.274 e. The van der Waals surface area contributed by atoms with Crippen molar-refractivity contribution in [3.63, 3.8) is 0 Å². The van der Waals surface area contributed by atoms with Gasteiger partial charge in [0.2, 0.25) is 5.75 Å². The van der Waals surface area contributed by atoms with Crippen LogP contribution in [0.5, 0.6) is 17.2 Å². The third kappa shape index (κ3) is 5.46. The van der Waals surface area contributed by atoms with Crippen LogP contribution in [0.4, 0.5) is 0 Å². The zero-order valence-electron chi connectivity index (χ0n) is 18.9. The molecule has 1 aliphatic heterocycles.